The minimum Gasteiger partial charge on any atom is -0.497 e. The number of rotatable bonds is 3. The summed E-state index contributed by atoms with van der Waals surface area (Å²) in [5.41, 5.74) is 2.56. The van der Waals surface area contributed by atoms with Crippen LogP contribution < -0.4 is 9.64 Å². The van der Waals surface area contributed by atoms with Crippen LogP contribution in [0.4, 0.5) is 10.5 Å². The van der Waals surface area contributed by atoms with Crippen molar-refractivity contribution in [2.75, 3.05) is 12.0 Å². The normalized spacial score (nSPS) is 14.8. The van der Waals surface area contributed by atoms with E-state index in [4.69, 9.17) is 13.9 Å². The zero-order valence-corrected chi connectivity index (χ0v) is 13.9. The Kier molecular flexibility index (Phi) is 4.42. The molecule has 0 unspecified atom stereocenters. The van der Waals surface area contributed by atoms with Gasteiger partial charge in [0.15, 0.2) is 5.76 Å². The fourth-order valence-electron chi connectivity index (χ4n) is 2.43. The second-order valence-corrected chi connectivity index (χ2v) is 5.63. The summed E-state index contributed by atoms with van der Waals surface area (Å²) in [7, 11) is 1.64. The number of anilines is 1. The molecule has 0 N–H and O–H groups in total. The number of fused-ring (bicyclic) bond motifs is 1. The van der Waals surface area contributed by atoms with Crippen LogP contribution in [0.15, 0.2) is 53.3 Å². The van der Waals surface area contributed by atoms with Gasteiger partial charge in [0.05, 0.1) is 25.2 Å². The van der Waals surface area contributed by atoms with E-state index in [1.165, 1.54) is 4.90 Å². The van der Waals surface area contributed by atoms with Crippen molar-refractivity contribution in [2.45, 2.75) is 20.0 Å². The van der Waals surface area contributed by atoms with Gasteiger partial charge in [-0.25, -0.2) is 9.69 Å². The molecule has 2 aromatic rings. The Morgan fingerprint density at radius 3 is 2.62 bits per heavy atom. The first-order valence-corrected chi connectivity index (χ1v) is 7.70. The molecule has 2 heterocycles. The Balaban J connectivity index is 1.90. The summed E-state index contributed by atoms with van der Waals surface area (Å²) in [6, 6.07) is 9.47. The molecule has 5 nitrogen and oxygen atoms in total. The van der Waals surface area contributed by atoms with Crippen molar-refractivity contribution in [3.05, 3.63) is 60.2 Å². The first-order chi connectivity index (χ1) is 11.6. The van der Waals surface area contributed by atoms with Crippen molar-refractivity contribution < 1.29 is 18.7 Å². The summed E-state index contributed by atoms with van der Waals surface area (Å²) in [6.45, 7) is 3.63. The lowest BCUT2D eigenvalue weighted by Crippen LogP contribution is -2.29. The maximum atomic E-state index is 12.2. The Bertz CT molecular complexity index is 784. The number of carbonyl (C=O) groups is 1. The third-order valence-corrected chi connectivity index (χ3v) is 3.54. The van der Waals surface area contributed by atoms with Gasteiger partial charge in [-0.15, -0.1) is 0 Å². The van der Waals surface area contributed by atoms with Crippen LogP contribution in [-0.2, 0) is 4.74 Å². The molecule has 1 amide bonds. The second kappa shape index (κ2) is 6.66. The molecule has 0 radical (unpaired) electrons. The van der Waals surface area contributed by atoms with E-state index in [0.717, 1.165) is 16.9 Å². The quantitative estimate of drug-likeness (QED) is 0.820. The van der Waals surface area contributed by atoms with Crippen LogP contribution in [0.2, 0.25) is 0 Å². The molecule has 5 heteroatoms. The predicted molar refractivity (Wildman–Crippen MR) is 92.8 cm³/mol. The number of ether oxygens (including phenoxy) is 2. The molecule has 1 aromatic carbocycles. The molecule has 1 aromatic heterocycles. The van der Waals surface area contributed by atoms with Gasteiger partial charge in [0, 0.05) is 17.8 Å². The third-order valence-electron chi connectivity index (χ3n) is 3.54. The minimum absolute atomic E-state index is 0.183. The first-order valence-electron chi connectivity index (χ1n) is 7.70. The highest BCUT2D eigenvalue weighted by atomic mass is 16.6. The molecule has 0 saturated carbocycles. The number of furan rings is 1. The minimum atomic E-state index is -0.424. The number of nitrogens with zero attached hydrogens (tertiary/aromatic N) is 1. The molecule has 1 aliphatic rings. The van der Waals surface area contributed by atoms with E-state index in [2.05, 4.69) is 0 Å². The number of benzene rings is 1. The maximum absolute atomic E-state index is 12.2. The topological polar surface area (TPSA) is 51.9 Å². The number of amides is 1. The standard InChI is InChI=1S/C19H19NO4/c1-13(2)24-19(21)20-10-8-15(18-17(20)9-11-23-18)12-14-4-6-16(22-3)7-5-14/h4-13H,1-3H3/b15-12-. The molecule has 1 aliphatic heterocycles. The lowest BCUT2D eigenvalue weighted by molar-refractivity contribution is 0.124. The van der Waals surface area contributed by atoms with Gasteiger partial charge in [-0.05, 0) is 43.7 Å². The molecule has 0 fully saturated rings. The fraction of sp³-hybridized carbons (Fsp3) is 0.211. The van der Waals surface area contributed by atoms with Crippen LogP contribution >= 0.6 is 0 Å². The average molecular weight is 325 g/mol. The lowest BCUT2D eigenvalue weighted by atomic mass is 10.1. The summed E-state index contributed by atoms with van der Waals surface area (Å²) in [4.78, 5) is 13.6. The van der Waals surface area contributed by atoms with Crippen molar-refractivity contribution in [3.63, 3.8) is 0 Å². The summed E-state index contributed by atoms with van der Waals surface area (Å²) >= 11 is 0. The van der Waals surface area contributed by atoms with Gasteiger partial charge in [-0.1, -0.05) is 12.1 Å². The second-order valence-electron chi connectivity index (χ2n) is 5.63. The van der Waals surface area contributed by atoms with Crippen LogP contribution in [0.3, 0.4) is 0 Å². The van der Waals surface area contributed by atoms with E-state index in [-0.39, 0.29) is 6.10 Å². The summed E-state index contributed by atoms with van der Waals surface area (Å²) in [5, 5.41) is 0. The van der Waals surface area contributed by atoms with Crippen LogP contribution in [0, 0.1) is 0 Å². The van der Waals surface area contributed by atoms with Crippen LogP contribution in [0.25, 0.3) is 11.6 Å². The van der Waals surface area contributed by atoms with Crippen molar-refractivity contribution in [1.82, 2.24) is 0 Å². The van der Waals surface area contributed by atoms with Gasteiger partial charge in [-0.2, -0.15) is 0 Å². The molecule has 0 atom stereocenters. The Morgan fingerprint density at radius 2 is 1.96 bits per heavy atom. The molecule has 0 spiro atoms. The highest BCUT2D eigenvalue weighted by Gasteiger charge is 2.25. The fourth-order valence-corrected chi connectivity index (χ4v) is 2.43. The van der Waals surface area contributed by atoms with Gasteiger partial charge in [0.2, 0.25) is 0 Å². The van der Waals surface area contributed by atoms with E-state index < -0.39 is 6.09 Å². The molecular weight excluding hydrogens is 306 g/mol. The largest absolute Gasteiger partial charge is 0.497 e. The number of hydrogen-bond acceptors (Lipinski definition) is 4. The van der Waals surface area contributed by atoms with Crippen molar-refractivity contribution in [3.8, 4) is 5.75 Å². The van der Waals surface area contributed by atoms with Crippen molar-refractivity contribution in [2.24, 2.45) is 0 Å². The molecule has 0 aliphatic carbocycles. The molecule has 24 heavy (non-hydrogen) atoms. The van der Waals surface area contributed by atoms with Crippen LogP contribution in [0.1, 0.15) is 25.2 Å². The Morgan fingerprint density at radius 1 is 1.21 bits per heavy atom. The SMILES string of the molecule is COc1ccc(/C=C2/C=CN(C(=O)OC(C)C)c3ccoc32)cc1. The number of hydrogen-bond donors (Lipinski definition) is 0. The first kappa shape index (κ1) is 15.9. The Hall–Kier alpha value is -2.95. The van der Waals surface area contributed by atoms with E-state index in [1.54, 1.807) is 25.6 Å². The van der Waals surface area contributed by atoms with Gasteiger partial charge in [-0.3, -0.25) is 0 Å². The molecular formula is C19H19NO4. The predicted octanol–water partition coefficient (Wildman–Crippen LogP) is 4.71. The third kappa shape index (κ3) is 3.20. The van der Waals surface area contributed by atoms with Gasteiger partial charge < -0.3 is 13.9 Å². The van der Waals surface area contributed by atoms with Crippen LogP contribution in [-0.4, -0.2) is 19.3 Å². The van der Waals surface area contributed by atoms with Gasteiger partial charge in [0.1, 0.15) is 5.75 Å². The zero-order valence-electron chi connectivity index (χ0n) is 13.9. The number of carbonyl (C=O) groups excluding carboxylic acids is 1. The van der Waals surface area contributed by atoms with Crippen molar-refractivity contribution in [1.29, 1.82) is 0 Å². The van der Waals surface area contributed by atoms with E-state index in [1.807, 2.05) is 50.3 Å². The number of allylic oxidation sites excluding steroid dienone is 2. The monoisotopic (exact) mass is 325 g/mol. The van der Waals surface area contributed by atoms with Gasteiger partial charge >= 0.3 is 6.09 Å². The highest BCUT2D eigenvalue weighted by Crippen LogP contribution is 2.35. The van der Waals surface area contributed by atoms with Crippen LogP contribution in [0.5, 0.6) is 5.75 Å². The van der Waals surface area contributed by atoms with E-state index >= 15 is 0 Å². The molecule has 0 bridgehead atoms. The van der Waals surface area contributed by atoms with Crippen molar-refractivity contribution >= 4 is 23.4 Å². The highest BCUT2D eigenvalue weighted by molar-refractivity contribution is 6.00. The van der Waals surface area contributed by atoms with E-state index in [0.29, 0.717) is 11.4 Å². The summed E-state index contributed by atoms with van der Waals surface area (Å²) in [6.07, 6.45) is 6.47. The van der Waals surface area contributed by atoms with Gasteiger partial charge in [0.25, 0.3) is 0 Å². The summed E-state index contributed by atoms with van der Waals surface area (Å²) < 4.78 is 16.0. The van der Waals surface area contributed by atoms with E-state index in [9.17, 15) is 4.79 Å². The molecule has 124 valence electrons. The summed E-state index contributed by atoms with van der Waals surface area (Å²) in [5.74, 6) is 1.44. The smallest absolute Gasteiger partial charge is 0.418 e. The average Bonchev–Trinajstić information content (AvgIpc) is 3.05. The lowest BCUT2D eigenvalue weighted by Gasteiger charge is -2.22. The number of methoxy groups -OCH3 is 1. The molecule has 3 rings (SSSR count). The Labute approximate surface area is 140 Å². The maximum Gasteiger partial charge on any atom is 0.418 e. The molecule has 0 saturated heterocycles. The zero-order chi connectivity index (χ0) is 17.1.